The smallest absolute Gasteiger partial charge is 0.257 e. The lowest BCUT2D eigenvalue weighted by molar-refractivity contribution is 0.0997. The van der Waals surface area contributed by atoms with Crippen LogP contribution in [0.1, 0.15) is 43.2 Å². The second kappa shape index (κ2) is 7.11. The van der Waals surface area contributed by atoms with Crippen LogP contribution in [0.3, 0.4) is 0 Å². The van der Waals surface area contributed by atoms with Gasteiger partial charge in [-0.3, -0.25) is 9.59 Å². The summed E-state index contributed by atoms with van der Waals surface area (Å²) >= 11 is 0. The van der Waals surface area contributed by atoms with Crippen LogP contribution in [0.15, 0.2) is 48.5 Å². The second-order valence-electron chi connectivity index (χ2n) is 6.82. The number of carbonyl (C=O) groups is 2. The van der Waals surface area contributed by atoms with Gasteiger partial charge < -0.3 is 15.6 Å². The SMILES string of the molecule is Cc1ccc(-n2c(C)ccc2C)c(C(=O)Nc2ccc(C(N)=O)c(C)c2)c1. The van der Waals surface area contributed by atoms with Crippen molar-refractivity contribution in [3.05, 3.63) is 82.2 Å². The highest BCUT2D eigenvalue weighted by Crippen LogP contribution is 2.23. The molecule has 2 aromatic carbocycles. The van der Waals surface area contributed by atoms with Crippen LogP contribution in [0.5, 0.6) is 0 Å². The molecule has 5 nitrogen and oxygen atoms in total. The largest absolute Gasteiger partial charge is 0.366 e. The van der Waals surface area contributed by atoms with E-state index in [0.717, 1.165) is 28.2 Å². The summed E-state index contributed by atoms with van der Waals surface area (Å²) in [6.07, 6.45) is 0. The van der Waals surface area contributed by atoms with Crippen molar-refractivity contribution in [1.29, 1.82) is 0 Å². The first-order valence-corrected chi connectivity index (χ1v) is 8.75. The van der Waals surface area contributed by atoms with Crippen molar-refractivity contribution in [2.75, 3.05) is 5.32 Å². The normalized spacial score (nSPS) is 10.7. The van der Waals surface area contributed by atoms with Gasteiger partial charge in [-0.15, -0.1) is 0 Å². The zero-order valence-corrected chi connectivity index (χ0v) is 16.0. The first-order valence-electron chi connectivity index (χ1n) is 8.75. The predicted octanol–water partition coefficient (Wildman–Crippen LogP) is 4.06. The molecule has 3 rings (SSSR count). The Balaban J connectivity index is 1.99. The molecule has 0 aliphatic carbocycles. The van der Waals surface area contributed by atoms with E-state index in [9.17, 15) is 9.59 Å². The number of amides is 2. The van der Waals surface area contributed by atoms with Gasteiger partial charge in [0.15, 0.2) is 0 Å². The standard InChI is InChI=1S/C22H23N3O2/c1-13-5-10-20(25-15(3)6-7-16(25)4)19(11-13)22(27)24-17-8-9-18(21(23)26)14(2)12-17/h5-12H,1-4H3,(H2,23,26)(H,24,27). The Bertz CT molecular complexity index is 1030. The summed E-state index contributed by atoms with van der Waals surface area (Å²) in [5, 5.41) is 2.93. The summed E-state index contributed by atoms with van der Waals surface area (Å²) in [4.78, 5) is 24.4. The molecule has 0 saturated heterocycles. The van der Waals surface area contributed by atoms with Gasteiger partial charge in [-0.05, 0) is 75.7 Å². The van der Waals surface area contributed by atoms with Gasteiger partial charge in [-0.2, -0.15) is 0 Å². The fraction of sp³-hybridized carbons (Fsp3) is 0.182. The van der Waals surface area contributed by atoms with Gasteiger partial charge in [0.05, 0.1) is 11.3 Å². The van der Waals surface area contributed by atoms with E-state index in [-0.39, 0.29) is 5.91 Å². The number of hydrogen-bond acceptors (Lipinski definition) is 2. The zero-order chi connectivity index (χ0) is 19.7. The Morgan fingerprint density at radius 3 is 2.11 bits per heavy atom. The summed E-state index contributed by atoms with van der Waals surface area (Å²) in [5.74, 6) is -0.683. The van der Waals surface area contributed by atoms with E-state index < -0.39 is 5.91 Å². The molecule has 0 aliphatic heterocycles. The summed E-state index contributed by atoms with van der Waals surface area (Å²) in [6.45, 7) is 7.78. The molecule has 0 fully saturated rings. The number of aryl methyl sites for hydroxylation is 4. The molecule has 0 radical (unpaired) electrons. The molecule has 1 heterocycles. The summed E-state index contributed by atoms with van der Waals surface area (Å²) in [5.41, 5.74) is 11.7. The number of nitrogens with zero attached hydrogens (tertiary/aromatic N) is 1. The van der Waals surface area contributed by atoms with Crippen LogP contribution in [0.4, 0.5) is 5.69 Å². The monoisotopic (exact) mass is 361 g/mol. The van der Waals surface area contributed by atoms with Crippen LogP contribution < -0.4 is 11.1 Å². The van der Waals surface area contributed by atoms with Crippen molar-refractivity contribution in [3.63, 3.8) is 0 Å². The van der Waals surface area contributed by atoms with Gasteiger partial charge in [0, 0.05) is 22.6 Å². The van der Waals surface area contributed by atoms with E-state index >= 15 is 0 Å². The maximum Gasteiger partial charge on any atom is 0.257 e. The van der Waals surface area contributed by atoms with Gasteiger partial charge in [-0.1, -0.05) is 11.6 Å². The molecule has 0 spiro atoms. The molecule has 0 saturated carbocycles. The first-order chi connectivity index (χ1) is 12.8. The lowest BCUT2D eigenvalue weighted by atomic mass is 10.1. The van der Waals surface area contributed by atoms with Crippen LogP contribution in [0.25, 0.3) is 5.69 Å². The molecular weight excluding hydrogens is 338 g/mol. The van der Waals surface area contributed by atoms with Crippen molar-refractivity contribution in [1.82, 2.24) is 4.57 Å². The molecule has 3 N–H and O–H groups in total. The van der Waals surface area contributed by atoms with E-state index in [1.165, 1.54) is 0 Å². The molecule has 27 heavy (non-hydrogen) atoms. The Hall–Kier alpha value is -3.34. The van der Waals surface area contributed by atoms with Crippen molar-refractivity contribution < 1.29 is 9.59 Å². The number of rotatable bonds is 4. The zero-order valence-electron chi connectivity index (χ0n) is 16.0. The van der Waals surface area contributed by atoms with Crippen LogP contribution in [-0.4, -0.2) is 16.4 Å². The van der Waals surface area contributed by atoms with Crippen molar-refractivity contribution in [3.8, 4) is 5.69 Å². The third-order valence-electron chi connectivity index (χ3n) is 4.66. The summed E-state index contributed by atoms with van der Waals surface area (Å²) < 4.78 is 2.07. The maximum absolute atomic E-state index is 13.0. The highest BCUT2D eigenvalue weighted by Gasteiger charge is 2.16. The first kappa shape index (κ1) is 18.5. The number of nitrogens with one attached hydrogen (secondary N) is 1. The Morgan fingerprint density at radius 1 is 0.852 bits per heavy atom. The summed E-state index contributed by atoms with van der Waals surface area (Å²) in [7, 11) is 0. The Kier molecular flexibility index (Phi) is 4.86. The average molecular weight is 361 g/mol. The van der Waals surface area contributed by atoms with Gasteiger partial charge in [0.1, 0.15) is 0 Å². The maximum atomic E-state index is 13.0. The highest BCUT2D eigenvalue weighted by molar-refractivity contribution is 6.07. The molecular formula is C22H23N3O2. The fourth-order valence-corrected chi connectivity index (χ4v) is 3.29. The average Bonchev–Trinajstić information content (AvgIpc) is 2.93. The Labute approximate surface area is 158 Å². The summed E-state index contributed by atoms with van der Waals surface area (Å²) in [6, 6.07) is 15.0. The minimum atomic E-state index is -0.482. The van der Waals surface area contributed by atoms with Gasteiger partial charge >= 0.3 is 0 Å². The number of carbonyl (C=O) groups excluding carboxylic acids is 2. The second-order valence-corrected chi connectivity index (χ2v) is 6.82. The number of primary amides is 1. The van der Waals surface area contributed by atoms with Crippen LogP contribution in [0, 0.1) is 27.7 Å². The van der Waals surface area contributed by atoms with Crippen molar-refractivity contribution in [2.45, 2.75) is 27.7 Å². The van der Waals surface area contributed by atoms with Gasteiger partial charge in [0.2, 0.25) is 5.91 Å². The third kappa shape index (κ3) is 3.62. The quantitative estimate of drug-likeness (QED) is 0.735. The van der Waals surface area contributed by atoms with Crippen LogP contribution in [-0.2, 0) is 0 Å². The molecule has 2 amide bonds. The van der Waals surface area contributed by atoms with Gasteiger partial charge in [0.25, 0.3) is 5.91 Å². The third-order valence-corrected chi connectivity index (χ3v) is 4.66. The Morgan fingerprint density at radius 2 is 1.52 bits per heavy atom. The molecule has 0 atom stereocenters. The lowest BCUT2D eigenvalue weighted by Gasteiger charge is -2.16. The van der Waals surface area contributed by atoms with Gasteiger partial charge in [-0.25, -0.2) is 0 Å². The minimum absolute atomic E-state index is 0.201. The predicted molar refractivity (Wildman–Crippen MR) is 108 cm³/mol. The number of aromatic nitrogens is 1. The molecule has 1 aromatic heterocycles. The fourth-order valence-electron chi connectivity index (χ4n) is 3.29. The van der Waals surface area contributed by atoms with Crippen molar-refractivity contribution in [2.24, 2.45) is 5.73 Å². The number of benzene rings is 2. The topological polar surface area (TPSA) is 77.1 Å². The molecule has 5 heteroatoms. The number of hydrogen-bond donors (Lipinski definition) is 2. The van der Waals surface area contributed by atoms with Crippen molar-refractivity contribution >= 4 is 17.5 Å². The van der Waals surface area contributed by atoms with E-state index in [4.69, 9.17) is 5.73 Å². The molecule has 0 unspecified atom stereocenters. The molecule has 3 aromatic rings. The van der Waals surface area contributed by atoms with E-state index in [0.29, 0.717) is 16.8 Å². The van der Waals surface area contributed by atoms with E-state index in [2.05, 4.69) is 9.88 Å². The molecule has 138 valence electrons. The van der Waals surface area contributed by atoms with Crippen LogP contribution in [0.2, 0.25) is 0 Å². The minimum Gasteiger partial charge on any atom is -0.366 e. The molecule has 0 aliphatic rings. The highest BCUT2D eigenvalue weighted by atomic mass is 16.2. The number of anilines is 1. The van der Waals surface area contributed by atoms with Crippen LogP contribution >= 0.6 is 0 Å². The lowest BCUT2D eigenvalue weighted by Crippen LogP contribution is -2.17. The number of nitrogens with two attached hydrogens (primary N) is 1. The van der Waals surface area contributed by atoms with E-state index in [1.807, 2.05) is 51.1 Å². The molecule has 0 bridgehead atoms. The van der Waals surface area contributed by atoms with E-state index in [1.54, 1.807) is 25.1 Å².